The van der Waals surface area contributed by atoms with E-state index in [1.54, 1.807) is 12.1 Å². The smallest absolute Gasteiger partial charge is 0.138 e. The summed E-state index contributed by atoms with van der Waals surface area (Å²) in [5.41, 5.74) is 2.92. The van der Waals surface area contributed by atoms with Crippen molar-refractivity contribution in [1.29, 1.82) is 0 Å². The minimum atomic E-state index is -0.299. The Hall–Kier alpha value is -1.46. The zero-order chi connectivity index (χ0) is 14.7. The normalized spacial score (nSPS) is 11.1. The Morgan fingerprint density at radius 1 is 1.20 bits per heavy atom. The van der Waals surface area contributed by atoms with E-state index in [0.29, 0.717) is 22.8 Å². The van der Waals surface area contributed by atoms with E-state index in [4.69, 9.17) is 0 Å². The van der Waals surface area contributed by atoms with Crippen LogP contribution < -0.4 is 0 Å². The first-order valence-corrected chi connectivity index (χ1v) is 7.07. The molecule has 5 heteroatoms. The van der Waals surface area contributed by atoms with Crippen LogP contribution in [0.2, 0.25) is 0 Å². The fraction of sp³-hybridized carbons (Fsp3) is 0.333. The molecule has 0 aliphatic rings. The van der Waals surface area contributed by atoms with Crippen LogP contribution in [0.25, 0.3) is 11.3 Å². The number of aromatic nitrogens is 2. The Morgan fingerprint density at radius 2 is 1.85 bits per heavy atom. The van der Waals surface area contributed by atoms with Crippen LogP contribution in [-0.2, 0) is 12.4 Å². The lowest BCUT2D eigenvalue weighted by Gasteiger charge is -2.15. The lowest BCUT2D eigenvalue weighted by atomic mass is 9.99. The van der Waals surface area contributed by atoms with Gasteiger partial charge in [-0.05, 0) is 30.2 Å². The van der Waals surface area contributed by atoms with Crippen LogP contribution in [0.1, 0.15) is 36.8 Å². The summed E-state index contributed by atoms with van der Waals surface area (Å²) in [6.45, 7) is 3.88. The molecule has 1 aromatic heterocycles. The van der Waals surface area contributed by atoms with Gasteiger partial charge in [0, 0.05) is 11.1 Å². The summed E-state index contributed by atoms with van der Waals surface area (Å²) < 4.78 is 13.0. The Labute approximate surface area is 123 Å². The number of hydrogen-bond donors (Lipinski definition) is 2. The van der Waals surface area contributed by atoms with Crippen molar-refractivity contribution in [3.05, 3.63) is 47.2 Å². The number of aliphatic hydroxyl groups excluding tert-OH is 1. The second kappa shape index (κ2) is 6.33. The molecular weight excluding hydrogens is 275 g/mol. The number of hydrogen-bond acceptors (Lipinski definition) is 4. The molecule has 0 spiro atoms. The van der Waals surface area contributed by atoms with Gasteiger partial charge in [0.1, 0.15) is 11.6 Å². The Balaban J connectivity index is 2.66. The van der Waals surface area contributed by atoms with Gasteiger partial charge in [-0.1, -0.05) is 13.8 Å². The second-order valence-corrected chi connectivity index (χ2v) is 5.15. The lowest BCUT2D eigenvalue weighted by Crippen LogP contribution is -2.08. The highest BCUT2D eigenvalue weighted by atomic mass is 32.1. The molecule has 2 rings (SSSR count). The van der Waals surface area contributed by atoms with Crippen molar-refractivity contribution in [2.75, 3.05) is 0 Å². The number of aliphatic hydroxyl groups is 1. The molecular formula is C15H17FN2OS. The molecule has 0 fully saturated rings. The Kier molecular flexibility index (Phi) is 4.73. The maximum atomic E-state index is 13.0. The van der Waals surface area contributed by atoms with Crippen molar-refractivity contribution in [3.63, 3.8) is 0 Å². The average molecular weight is 292 g/mol. The van der Waals surface area contributed by atoms with E-state index in [0.717, 1.165) is 11.3 Å². The minimum absolute atomic E-state index is 0.146. The maximum Gasteiger partial charge on any atom is 0.138 e. The lowest BCUT2D eigenvalue weighted by molar-refractivity contribution is 0.279. The highest BCUT2D eigenvalue weighted by Crippen LogP contribution is 2.28. The van der Waals surface area contributed by atoms with Crippen molar-refractivity contribution in [3.8, 4) is 11.3 Å². The van der Waals surface area contributed by atoms with Gasteiger partial charge in [0.15, 0.2) is 0 Å². The highest BCUT2D eigenvalue weighted by Gasteiger charge is 2.17. The minimum Gasteiger partial charge on any atom is -0.392 e. The van der Waals surface area contributed by atoms with Crippen molar-refractivity contribution >= 4 is 12.6 Å². The maximum absolute atomic E-state index is 13.0. The standard InChI is InChI=1S/C15H17FN2OS/c1-9(2)14-12(7-19)15(18-13(8-20)17-14)10-3-5-11(16)6-4-10/h3-6,9,19-20H,7-8H2,1-2H3. The molecule has 3 nitrogen and oxygen atoms in total. The molecule has 0 saturated heterocycles. The van der Waals surface area contributed by atoms with Crippen LogP contribution in [0.3, 0.4) is 0 Å². The van der Waals surface area contributed by atoms with Crippen molar-refractivity contribution in [2.24, 2.45) is 0 Å². The third-order valence-electron chi connectivity index (χ3n) is 3.05. The summed E-state index contributed by atoms with van der Waals surface area (Å²) in [5, 5.41) is 9.65. The van der Waals surface area contributed by atoms with Gasteiger partial charge in [0.05, 0.1) is 23.7 Å². The fourth-order valence-electron chi connectivity index (χ4n) is 2.10. The molecule has 1 aromatic carbocycles. The predicted molar refractivity (Wildman–Crippen MR) is 80.1 cm³/mol. The molecule has 0 aliphatic carbocycles. The van der Waals surface area contributed by atoms with Gasteiger partial charge in [-0.25, -0.2) is 14.4 Å². The summed E-state index contributed by atoms with van der Waals surface area (Å²) in [5.74, 6) is 0.887. The molecule has 2 aromatic rings. The van der Waals surface area contributed by atoms with Gasteiger partial charge < -0.3 is 5.11 Å². The second-order valence-electron chi connectivity index (χ2n) is 4.83. The quantitative estimate of drug-likeness (QED) is 0.850. The number of nitrogens with zero attached hydrogens (tertiary/aromatic N) is 2. The van der Waals surface area contributed by atoms with E-state index in [-0.39, 0.29) is 18.3 Å². The van der Waals surface area contributed by atoms with Gasteiger partial charge in [0.2, 0.25) is 0 Å². The molecule has 0 radical (unpaired) electrons. The van der Waals surface area contributed by atoms with E-state index >= 15 is 0 Å². The first-order valence-electron chi connectivity index (χ1n) is 6.44. The van der Waals surface area contributed by atoms with Gasteiger partial charge in [-0.2, -0.15) is 12.6 Å². The summed E-state index contributed by atoms with van der Waals surface area (Å²) in [4.78, 5) is 8.88. The molecule has 0 unspecified atom stereocenters. The zero-order valence-electron chi connectivity index (χ0n) is 11.5. The molecule has 106 valence electrons. The first kappa shape index (κ1) is 14.9. The topological polar surface area (TPSA) is 46.0 Å². The zero-order valence-corrected chi connectivity index (χ0v) is 12.4. The monoisotopic (exact) mass is 292 g/mol. The first-order chi connectivity index (χ1) is 9.56. The molecule has 1 N–H and O–H groups in total. The van der Waals surface area contributed by atoms with Crippen molar-refractivity contribution in [1.82, 2.24) is 9.97 Å². The van der Waals surface area contributed by atoms with Crippen LogP contribution in [0.4, 0.5) is 4.39 Å². The van der Waals surface area contributed by atoms with Gasteiger partial charge in [-0.3, -0.25) is 0 Å². The van der Waals surface area contributed by atoms with Gasteiger partial charge in [-0.15, -0.1) is 0 Å². The summed E-state index contributed by atoms with van der Waals surface area (Å²) in [6, 6.07) is 6.08. The SMILES string of the molecule is CC(C)c1nc(CS)nc(-c2ccc(F)cc2)c1CO. The molecule has 0 bridgehead atoms. The molecule has 0 atom stereocenters. The summed E-state index contributed by atoms with van der Waals surface area (Å²) in [7, 11) is 0. The van der Waals surface area contributed by atoms with Crippen molar-refractivity contribution < 1.29 is 9.50 Å². The third-order valence-corrected chi connectivity index (χ3v) is 3.33. The highest BCUT2D eigenvalue weighted by molar-refractivity contribution is 7.79. The molecule has 0 aliphatic heterocycles. The Morgan fingerprint density at radius 3 is 2.35 bits per heavy atom. The van der Waals surface area contributed by atoms with Gasteiger partial charge >= 0.3 is 0 Å². The average Bonchev–Trinajstić information content (AvgIpc) is 2.46. The molecule has 0 saturated carbocycles. The van der Waals surface area contributed by atoms with E-state index in [1.165, 1.54) is 12.1 Å². The molecule has 0 amide bonds. The van der Waals surface area contributed by atoms with Crippen molar-refractivity contribution in [2.45, 2.75) is 32.1 Å². The largest absolute Gasteiger partial charge is 0.392 e. The van der Waals surface area contributed by atoms with Crippen LogP contribution in [0.15, 0.2) is 24.3 Å². The molecule has 1 heterocycles. The van der Waals surface area contributed by atoms with Crippen LogP contribution in [0.5, 0.6) is 0 Å². The van der Waals surface area contributed by atoms with Crippen LogP contribution in [0, 0.1) is 5.82 Å². The van der Waals surface area contributed by atoms with E-state index < -0.39 is 0 Å². The number of rotatable bonds is 4. The molecule has 20 heavy (non-hydrogen) atoms. The summed E-state index contributed by atoms with van der Waals surface area (Å²) in [6.07, 6.45) is 0. The van der Waals surface area contributed by atoms with Gasteiger partial charge in [0.25, 0.3) is 0 Å². The fourth-order valence-corrected chi connectivity index (χ4v) is 2.24. The van der Waals surface area contributed by atoms with E-state index in [9.17, 15) is 9.50 Å². The number of benzene rings is 1. The Bertz CT molecular complexity index is 600. The van der Waals surface area contributed by atoms with Crippen LogP contribution >= 0.6 is 12.6 Å². The number of thiol groups is 1. The van der Waals surface area contributed by atoms with Crippen LogP contribution in [-0.4, -0.2) is 15.1 Å². The van der Waals surface area contributed by atoms with E-state index in [2.05, 4.69) is 22.6 Å². The number of halogens is 1. The predicted octanol–water partition coefficient (Wildman–Crippen LogP) is 3.33. The van der Waals surface area contributed by atoms with E-state index in [1.807, 2.05) is 13.8 Å². The summed E-state index contributed by atoms with van der Waals surface area (Å²) >= 11 is 4.22. The third kappa shape index (κ3) is 2.99.